The highest BCUT2D eigenvalue weighted by Gasteiger charge is 2.42. The molecule has 0 radical (unpaired) electrons. The van der Waals surface area contributed by atoms with Crippen LogP contribution in [0.25, 0.3) is 10.8 Å². The number of hydrogen-bond acceptors (Lipinski definition) is 8. The fourth-order valence-electron chi connectivity index (χ4n) is 6.94. The Kier molecular flexibility index (Phi) is 17.1. The lowest BCUT2D eigenvalue weighted by atomic mass is 9.96. The molecule has 3 aromatic rings. The molecule has 1 saturated heterocycles. The number of hydrogen-bond donors (Lipinski definition) is 7. The van der Waals surface area contributed by atoms with Gasteiger partial charge in [-0.1, -0.05) is 76.6 Å². The Morgan fingerprint density at radius 1 is 0.867 bits per heavy atom. The Hall–Kier alpha value is -6.32. The Balaban J connectivity index is 1.37. The summed E-state index contributed by atoms with van der Waals surface area (Å²) in [5, 5.41) is 15.9. The van der Waals surface area contributed by atoms with Crippen molar-refractivity contribution in [3.05, 3.63) is 77.9 Å². The number of amides is 6. The molecule has 4 rings (SSSR count). The number of likely N-dealkylation sites (tertiary alicyclic amines) is 1. The van der Waals surface area contributed by atoms with Crippen LogP contribution in [0.5, 0.6) is 0 Å². The van der Waals surface area contributed by atoms with E-state index in [1.165, 1.54) is 11.8 Å². The van der Waals surface area contributed by atoms with Crippen LogP contribution in [0.2, 0.25) is 0 Å². The summed E-state index contributed by atoms with van der Waals surface area (Å²) in [7, 11) is 0. The molecule has 0 spiro atoms. The first kappa shape index (κ1) is 46.4. The number of nitrogens with two attached hydrogens (primary N) is 2. The average molecular weight is 826 g/mol. The molecule has 0 bridgehead atoms. The molecule has 1 aliphatic rings. The van der Waals surface area contributed by atoms with E-state index in [0.29, 0.717) is 36.2 Å². The number of nitrogens with one attached hydrogen (secondary N) is 5. The Morgan fingerprint density at radius 2 is 1.55 bits per heavy atom. The van der Waals surface area contributed by atoms with Crippen molar-refractivity contribution in [3.63, 3.8) is 0 Å². The Labute approximate surface area is 351 Å². The third kappa shape index (κ3) is 13.6. The Morgan fingerprint density at radius 3 is 2.20 bits per heavy atom. The minimum atomic E-state index is -1.33. The van der Waals surface area contributed by atoms with E-state index < -0.39 is 53.7 Å². The zero-order valence-electron chi connectivity index (χ0n) is 35.1. The van der Waals surface area contributed by atoms with E-state index in [0.717, 1.165) is 10.8 Å². The van der Waals surface area contributed by atoms with Crippen molar-refractivity contribution in [1.82, 2.24) is 26.2 Å². The quantitative estimate of drug-likeness (QED) is 0.0473. The van der Waals surface area contributed by atoms with E-state index >= 15 is 0 Å². The number of carbonyl (C=O) groups excluding carboxylic acids is 7. The SMILES string of the molecule is CCC(C)C(C(=O)NC(CC(C)=O)C(=O)N[C@@H](CCCN=C(N)N)C(=O)NCC(C)C)N1CCC(NC(=O)Cc2ccc(NC(=O)c3ccc4ccccc4c3)cc2)C1=O. The summed E-state index contributed by atoms with van der Waals surface area (Å²) in [6.45, 7) is 9.60. The van der Waals surface area contributed by atoms with Gasteiger partial charge in [-0.3, -0.25) is 38.6 Å². The van der Waals surface area contributed by atoms with Crippen LogP contribution in [0.1, 0.15) is 82.6 Å². The van der Waals surface area contributed by atoms with Crippen molar-refractivity contribution in [2.75, 3.05) is 25.0 Å². The first-order valence-corrected chi connectivity index (χ1v) is 20.5. The molecule has 9 N–H and O–H groups in total. The fraction of sp³-hybridized carbons (Fsp3) is 0.455. The van der Waals surface area contributed by atoms with Crippen molar-refractivity contribution in [2.24, 2.45) is 28.3 Å². The molecule has 16 heteroatoms. The second kappa shape index (κ2) is 22.2. The number of rotatable bonds is 21. The molecule has 1 fully saturated rings. The van der Waals surface area contributed by atoms with Gasteiger partial charge in [0.25, 0.3) is 5.91 Å². The van der Waals surface area contributed by atoms with Crippen molar-refractivity contribution in [2.45, 2.75) is 97.3 Å². The van der Waals surface area contributed by atoms with Crippen molar-refractivity contribution >= 4 is 63.6 Å². The average Bonchev–Trinajstić information content (AvgIpc) is 3.55. The first-order chi connectivity index (χ1) is 28.6. The second-order valence-electron chi connectivity index (χ2n) is 15.8. The van der Waals surface area contributed by atoms with E-state index in [-0.39, 0.29) is 68.3 Å². The lowest BCUT2D eigenvalue weighted by Gasteiger charge is -2.33. The van der Waals surface area contributed by atoms with Crippen LogP contribution in [-0.4, -0.2) is 95.9 Å². The molecule has 0 aliphatic carbocycles. The van der Waals surface area contributed by atoms with Crippen LogP contribution in [0.3, 0.4) is 0 Å². The summed E-state index contributed by atoms with van der Waals surface area (Å²) in [6.07, 6.45) is 0.957. The first-order valence-electron chi connectivity index (χ1n) is 20.5. The molecule has 60 heavy (non-hydrogen) atoms. The van der Waals surface area contributed by atoms with Crippen LogP contribution >= 0.6 is 0 Å². The van der Waals surface area contributed by atoms with Crippen LogP contribution in [-0.2, 0) is 35.2 Å². The molecule has 4 unspecified atom stereocenters. The number of benzene rings is 3. The van der Waals surface area contributed by atoms with E-state index in [1.54, 1.807) is 30.3 Å². The van der Waals surface area contributed by atoms with E-state index in [4.69, 9.17) is 11.5 Å². The molecule has 1 heterocycles. The lowest BCUT2D eigenvalue weighted by Crippen LogP contribution is -2.59. The number of carbonyl (C=O) groups is 7. The lowest BCUT2D eigenvalue weighted by molar-refractivity contribution is -0.142. The van der Waals surface area contributed by atoms with Gasteiger partial charge in [0.05, 0.1) is 6.42 Å². The largest absolute Gasteiger partial charge is 0.370 e. The number of ketones is 1. The molecule has 0 saturated carbocycles. The molecule has 5 atom stereocenters. The van der Waals surface area contributed by atoms with Gasteiger partial charge in [-0.05, 0) is 78.6 Å². The number of fused-ring (bicyclic) bond motifs is 1. The smallest absolute Gasteiger partial charge is 0.255 e. The normalized spacial score (nSPS) is 15.7. The highest BCUT2D eigenvalue weighted by molar-refractivity contribution is 6.06. The minimum Gasteiger partial charge on any atom is -0.370 e. The van der Waals surface area contributed by atoms with Gasteiger partial charge in [-0.15, -0.1) is 0 Å². The predicted molar refractivity (Wildman–Crippen MR) is 230 cm³/mol. The van der Waals surface area contributed by atoms with Gasteiger partial charge < -0.3 is 43.0 Å². The number of guanidine groups is 1. The van der Waals surface area contributed by atoms with Gasteiger partial charge in [0, 0.05) is 37.3 Å². The third-order valence-corrected chi connectivity index (χ3v) is 10.3. The standard InChI is InChI=1S/C44H59N9O7/c1-6-27(4)38(42(59)52-36(22-28(5)54)41(58)51-34(12-9-20-47-44(45)46)40(57)48-25-26(2)3)53-21-19-35(43(53)60)50-37(55)23-29-13-17-33(18-14-29)49-39(56)32-16-15-30-10-7-8-11-31(30)24-32/h7-8,10-11,13-18,24,26-27,34-36,38H,6,9,12,19-23,25H2,1-5H3,(H,48,57)(H,49,56)(H,50,55)(H,51,58)(H,52,59)(H4,45,46,47)/t27?,34-,35?,36?,38?/m0/s1. The molecular weight excluding hydrogens is 767 g/mol. The molecule has 6 amide bonds. The van der Waals surface area contributed by atoms with Gasteiger partial charge in [0.2, 0.25) is 29.5 Å². The van der Waals surface area contributed by atoms with Gasteiger partial charge >= 0.3 is 0 Å². The minimum absolute atomic E-state index is 0.0232. The van der Waals surface area contributed by atoms with Crippen LogP contribution < -0.4 is 38.1 Å². The van der Waals surface area contributed by atoms with E-state index in [1.807, 2.05) is 64.1 Å². The van der Waals surface area contributed by atoms with E-state index in [2.05, 4.69) is 31.6 Å². The summed E-state index contributed by atoms with van der Waals surface area (Å²) in [5.74, 6) is -3.56. The fourth-order valence-corrected chi connectivity index (χ4v) is 6.94. The maximum absolute atomic E-state index is 14.0. The molecular formula is C44H59N9O7. The second-order valence-corrected chi connectivity index (χ2v) is 15.8. The van der Waals surface area contributed by atoms with Crippen LogP contribution in [0.4, 0.5) is 5.69 Å². The van der Waals surface area contributed by atoms with Gasteiger partial charge in [0.15, 0.2) is 5.96 Å². The summed E-state index contributed by atoms with van der Waals surface area (Å²) in [6, 6.07) is 15.9. The number of Topliss-reactive ketones (excluding diaryl/α,β-unsaturated/α-hetero) is 1. The monoisotopic (exact) mass is 825 g/mol. The zero-order valence-corrected chi connectivity index (χ0v) is 35.1. The Bertz CT molecular complexity index is 2050. The number of nitrogens with zero attached hydrogens (tertiary/aromatic N) is 2. The van der Waals surface area contributed by atoms with E-state index in [9.17, 15) is 33.6 Å². The number of anilines is 1. The molecule has 322 valence electrons. The van der Waals surface area contributed by atoms with Gasteiger partial charge in [-0.2, -0.15) is 0 Å². The van der Waals surface area contributed by atoms with Crippen molar-refractivity contribution in [1.29, 1.82) is 0 Å². The van der Waals surface area contributed by atoms with Gasteiger partial charge in [-0.25, -0.2) is 0 Å². The van der Waals surface area contributed by atoms with Crippen molar-refractivity contribution in [3.8, 4) is 0 Å². The molecule has 0 aromatic heterocycles. The molecule has 3 aromatic carbocycles. The predicted octanol–water partition coefficient (Wildman–Crippen LogP) is 2.54. The maximum Gasteiger partial charge on any atom is 0.255 e. The van der Waals surface area contributed by atoms with Crippen LogP contribution in [0, 0.1) is 11.8 Å². The molecule has 16 nitrogen and oxygen atoms in total. The third-order valence-electron chi connectivity index (χ3n) is 10.3. The summed E-state index contributed by atoms with van der Waals surface area (Å²) in [4.78, 5) is 98.3. The maximum atomic E-state index is 14.0. The van der Waals surface area contributed by atoms with Crippen molar-refractivity contribution < 1.29 is 33.6 Å². The zero-order chi connectivity index (χ0) is 43.9. The highest BCUT2D eigenvalue weighted by atomic mass is 16.2. The summed E-state index contributed by atoms with van der Waals surface area (Å²) in [5.41, 5.74) is 12.6. The molecule has 1 aliphatic heterocycles. The highest BCUT2D eigenvalue weighted by Crippen LogP contribution is 2.23. The summed E-state index contributed by atoms with van der Waals surface area (Å²) < 4.78 is 0. The topological polar surface area (TPSA) is 247 Å². The number of aliphatic imine (C=N–C) groups is 1. The van der Waals surface area contributed by atoms with Crippen LogP contribution in [0.15, 0.2) is 71.7 Å². The summed E-state index contributed by atoms with van der Waals surface area (Å²) >= 11 is 0. The van der Waals surface area contributed by atoms with Gasteiger partial charge in [0.1, 0.15) is 30.0 Å².